The highest BCUT2D eigenvalue weighted by Crippen LogP contribution is 2.07. The minimum absolute atomic E-state index is 0.00347. The van der Waals surface area contributed by atoms with Gasteiger partial charge in [-0.15, -0.1) is 0 Å². The Morgan fingerprint density at radius 3 is 2.79 bits per heavy atom. The van der Waals surface area contributed by atoms with Crippen molar-refractivity contribution in [1.29, 1.82) is 0 Å². The van der Waals surface area contributed by atoms with Gasteiger partial charge in [0.15, 0.2) is 0 Å². The van der Waals surface area contributed by atoms with Gasteiger partial charge in [-0.2, -0.15) is 5.10 Å². The van der Waals surface area contributed by atoms with Gasteiger partial charge in [0.05, 0.1) is 18.4 Å². The monoisotopic (exact) mass is 259 g/mol. The van der Waals surface area contributed by atoms with E-state index in [2.05, 4.69) is 10.4 Å². The van der Waals surface area contributed by atoms with Gasteiger partial charge in [0, 0.05) is 19.3 Å². The van der Waals surface area contributed by atoms with Crippen molar-refractivity contribution in [2.45, 2.75) is 20.1 Å². The van der Waals surface area contributed by atoms with Crippen molar-refractivity contribution in [2.75, 3.05) is 0 Å². The van der Waals surface area contributed by atoms with Gasteiger partial charge in [0.25, 0.3) is 5.91 Å². The molecule has 5 heteroatoms. The molecule has 0 saturated heterocycles. The van der Waals surface area contributed by atoms with E-state index in [1.807, 2.05) is 31.2 Å². The number of hydrogen-bond acceptors (Lipinski definition) is 3. The van der Waals surface area contributed by atoms with Crippen LogP contribution in [0.15, 0.2) is 30.5 Å². The number of carbonyl (C=O) groups excluding carboxylic acids is 1. The quantitative estimate of drug-likeness (QED) is 0.865. The molecule has 1 aromatic heterocycles. The Hall–Kier alpha value is -2.14. The van der Waals surface area contributed by atoms with E-state index in [-0.39, 0.29) is 12.5 Å². The largest absolute Gasteiger partial charge is 0.392 e. The molecule has 0 spiro atoms. The highest BCUT2D eigenvalue weighted by Gasteiger charge is 2.12. The summed E-state index contributed by atoms with van der Waals surface area (Å²) in [5, 5.41) is 15.9. The van der Waals surface area contributed by atoms with Gasteiger partial charge < -0.3 is 10.4 Å². The number of carbonyl (C=O) groups is 1. The lowest BCUT2D eigenvalue weighted by Gasteiger charge is -2.06. The van der Waals surface area contributed by atoms with E-state index in [1.54, 1.807) is 17.9 Å². The van der Waals surface area contributed by atoms with Gasteiger partial charge in [-0.1, -0.05) is 24.3 Å². The molecule has 0 unspecified atom stereocenters. The average Bonchev–Trinajstić information content (AvgIpc) is 2.77. The molecule has 2 N–H and O–H groups in total. The molecule has 0 fully saturated rings. The molecular formula is C14H17N3O2. The van der Waals surface area contributed by atoms with Crippen molar-refractivity contribution in [1.82, 2.24) is 15.1 Å². The molecule has 0 saturated carbocycles. The van der Waals surface area contributed by atoms with Crippen molar-refractivity contribution in [3.05, 3.63) is 52.8 Å². The number of aryl methyl sites for hydroxylation is 1. The lowest BCUT2D eigenvalue weighted by atomic mass is 10.1. The first-order valence-corrected chi connectivity index (χ1v) is 6.07. The van der Waals surface area contributed by atoms with Gasteiger partial charge in [-0.05, 0) is 18.1 Å². The van der Waals surface area contributed by atoms with Crippen molar-refractivity contribution in [3.63, 3.8) is 0 Å². The molecule has 2 rings (SSSR count). The van der Waals surface area contributed by atoms with Crippen LogP contribution in [0.25, 0.3) is 0 Å². The number of aromatic nitrogens is 2. The number of rotatable bonds is 4. The van der Waals surface area contributed by atoms with E-state index in [1.165, 1.54) is 0 Å². The molecule has 0 bridgehead atoms. The summed E-state index contributed by atoms with van der Waals surface area (Å²) in [6, 6.07) is 7.49. The predicted octanol–water partition coefficient (Wildman–Crippen LogP) is 1.15. The van der Waals surface area contributed by atoms with Crippen molar-refractivity contribution < 1.29 is 9.90 Å². The van der Waals surface area contributed by atoms with Crippen LogP contribution >= 0.6 is 0 Å². The summed E-state index contributed by atoms with van der Waals surface area (Å²) in [7, 11) is 1.80. The van der Waals surface area contributed by atoms with Crippen molar-refractivity contribution in [3.8, 4) is 0 Å². The molecule has 5 nitrogen and oxygen atoms in total. The minimum Gasteiger partial charge on any atom is -0.392 e. The molecule has 100 valence electrons. The molecule has 1 amide bonds. The Kier molecular flexibility index (Phi) is 3.97. The lowest BCUT2D eigenvalue weighted by Crippen LogP contribution is -2.23. The summed E-state index contributed by atoms with van der Waals surface area (Å²) in [6.07, 6.45) is 1.56. The van der Waals surface area contributed by atoms with Crippen LogP contribution in [0.3, 0.4) is 0 Å². The molecular weight excluding hydrogens is 242 g/mol. The van der Waals surface area contributed by atoms with Gasteiger partial charge >= 0.3 is 0 Å². The fourth-order valence-electron chi connectivity index (χ4n) is 1.84. The first-order chi connectivity index (χ1) is 9.11. The average molecular weight is 259 g/mol. The number of hydrogen-bond donors (Lipinski definition) is 2. The van der Waals surface area contributed by atoms with Gasteiger partial charge in [-0.25, -0.2) is 0 Å². The van der Waals surface area contributed by atoms with Crippen LogP contribution < -0.4 is 5.32 Å². The third-order valence-electron chi connectivity index (χ3n) is 3.11. The topological polar surface area (TPSA) is 67.2 Å². The van der Waals surface area contributed by atoms with Crippen LogP contribution in [0.1, 0.15) is 27.2 Å². The van der Waals surface area contributed by atoms with E-state index in [0.29, 0.717) is 12.1 Å². The van der Waals surface area contributed by atoms with Gasteiger partial charge in [0.1, 0.15) is 0 Å². The zero-order chi connectivity index (χ0) is 13.8. The minimum atomic E-state index is -0.139. The summed E-state index contributed by atoms with van der Waals surface area (Å²) in [6.45, 7) is 2.29. The Morgan fingerprint density at radius 1 is 1.42 bits per heavy atom. The SMILES string of the molecule is Cc1c(C(=O)NCc2cccc(CO)c2)cnn1C. The van der Waals surface area contributed by atoms with E-state index in [9.17, 15) is 4.79 Å². The second-order valence-electron chi connectivity index (χ2n) is 4.43. The lowest BCUT2D eigenvalue weighted by molar-refractivity contribution is 0.0950. The number of nitrogens with zero attached hydrogens (tertiary/aromatic N) is 2. The molecule has 19 heavy (non-hydrogen) atoms. The van der Waals surface area contributed by atoms with Crippen LogP contribution in [0, 0.1) is 6.92 Å². The number of nitrogens with one attached hydrogen (secondary N) is 1. The number of amides is 1. The maximum Gasteiger partial charge on any atom is 0.255 e. The summed E-state index contributed by atoms with van der Waals surface area (Å²) in [5.74, 6) is -0.139. The molecule has 1 aromatic carbocycles. The number of aliphatic hydroxyl groups is 1. The molecule has 0 radical (unpaired) electrons. The summed E-state index contributed by atoms with van der Waals surface area (Å²) in [4.78, 5) is 12.0. The highest BCUT2D eigenvalue weighted by molar-refractivity contribution is 5.94. The Labute approximate surface area is 111 Å². The van der Waals surface area contributed by atoms with Crippen LogP contribution in [-0.2, 0) is 20.2 Å². The Bertz CT molecular complexity index is 590. The van der Waals surface area contributed by atoms with Crippen molar-refractivity contribution >= 4 is 5.91 Å². The molecule has 0 atom stereocenters. The summed E-state index contributed by atoms with van der Waals surface area (Å²) < 4.78 is 1.67. The fourth-order valence-corrected chi connectivity index (χ4v) is 1.84. The number of aliphatic hydroxyl groups excluding tert-OH is 1. The van der Waals surface area contributed by atoms with Crippen LogP contribution in [0.5, 0.6) is 0 Å². The molecule has 2 aromatic rings. The summed E-state index contributed by atoms with van der Waals surface area (Å²) in [5.41, 5.74) is 3.22. The Balaban J connectivity index is 2.02. The second-order valence-corrected chi connectivity index (χ2v) is 4.43. The van der Waals surface area contributed by atoms with Crippen molar-refractivity contribution in [2.24, 2.45) is 7.05 Å². The molecule has 1 heterocycles. The maximum absolute atomic E-state index is 12.0. The first-order valence-electron chi connectivity index (χ1n) is 6.07. The smallest absolute Gasteiger partial charge is 0.255 e. The normalized spacial score (nSPS) is 10.5. The Morgan fingerprint density at radius 2 is 2.16 bits per heavy atom. The predicted molar refractivity (Wildman–Crippen MR) is 71.5 cm³/mol. The van der Waals surface area contributed by atoms with E-state index < -0.39 is 0 Å². The van der Waals surface area contributed by atoms with Crippen LogP contribution in [0.4, 0.5) is 0 Å². The van der Waals surface area contributed by atoms with E-state index in [4.69, 9.17) is 5.11 Å². The molecule has 0 aliphatic carbocycles. The van der Waals surface area contributed by atoms with Crippen LogP contribution in [0.2, 0.25) is 0 Å². The van der Waals surface area contributed by atoms with E-state index >= 15 is 0 Å². The maximum atomic E-state index is 12.0. The zero-order valence-corrected chi connectivity index (χ0v) is 11.1. The summed E-state index contributed by atoms with van der Waals surface area (Å²) >= 11 is 0. The van der Waals surface area contributed by atoms with Gasteiger partial charge in [0.2, 0.25) is 0 Å². The third kappa shape index (κ3) is 3.00. The number of benzene rings is 1. The van der Waals surface area contributed by atoms with E-state index in [0.717, 1.165) is 16.8 Å². The first kappa shape index (κ1) is 13.3. The van der Waals surface area contributed by atoms with Crippen LogP contribution in [-0.4, -0.2) is 20.8 Å². The third-order valence-corrected chi connectivity index (χ3v) is 3.11. The second kappa shape index (κ2) is 5.67. The zero-order valence-electron chi connectivity index (χ0n) is 11.1. The fraction of sp³-hybridized carbons (Fsp3) is 0.286. The molecule has 0 aliphatic heterocycles. The molecule has 0 aliphatic rings. The van der Waals surface area contributed by atoms with Gasteiger partial charge in [-0.3, -0.25) is 9.48 Å². The highest BCUT2D eigenvalue weighted by atomic mass is 16.3. The standard InChI is InChI=1S/C14H17N3O2/c1-10-13(8-16-17(10)2)14(19)15-7-11-4-3-5-12(6-11)9-18/h3-6,8,18H,7,9H2,1-2H3,(H,15,19).